The van der Waals surface area contributed by atoms with E-state index in [2.05, 4.69) is 5.32 Å². The number of fused-ring (bicyclic) bond motifs is 1. The quantitative estimate of drug-likeness (QED) is 0.160. The number of halogens is 4. The second-order valence-corrected chi connectivity index (χ2v) is 11.5. The zero-order valence-corrected chi connectivity index (χ0v) is 25.4. The molecule has 4 aromatic carbocycles. The fourth-order valence-corrected chi connectivity index (χ4v) is 5.63. The number of nitrogens with zero attached hydrogens (tertiary/aromatic N) is 1. The maximum Gasteiger partial charge on any atom is 0.417 e. The Morgan fingerprint density at radius 2 is 1.67 bits per heavy atom. The molecule has 0 spiro atoms. The fourth-order valence-electron chi connectivity index (χ4n) is 5.63. The van der Waals surface area contributed by atoms with E-state index in [0.29, 0.717) is 45.1 Å². The van der Waals surface area contributed by atoms with E-state index >= 15 is 0 Å². The molecule has 6 nitrogen and oxygen atoms in total. The smallest absolute Gasteiger partial charge is 0.417 e. The van der Waals surface area contributed by atoms with Crippen LogP contribution in [0.15, 0.2) is 72.8 Å². The average Bonchev–Trinajstić information content (AvgIpc) is 2.99. The van der Waals surface area contributed by atoms with Crippen molar-refractivity contribution < 1.29 is 36.6 Å². The van der Waals surface area contributed by atoms with Crippen molar-refractivity contribution in [3.8, 4) is 22.6 Å². The first-order chi connectivity index (χ1) is 21.2. The van der Waals surface area contributed by atoms with Crippen LogP contribution >= 0.6 is 0 Å². The number of anilines is 2. The van der Waals surface area contributed by atoms with Crippen LogP contribution in [0.5, 0.6) is 11.5 Å². The van der Waals surface area contributed by atoms with Gasteiger partial charge in [-0.15, -0.1) is 0 Å². The zero-order chi connectivity index (χ0) is 32.7. The van der Waals surface area contributed by atoms with Crippen LogP contribution in [0.2, 0.25) is 0 Å². The van der Waals surface area contributed by atoms with E-state index in [1.54, 1.807) is 57.0 Å². The monoisotopic (exact) mass is 620 g/mol. The van der Waals surface area contributed by atoms with Gasteiger partial charge in [-0.05, 0) is 61.7 Å². The number of methoxy groups -OCH3 is 1. The van der Waals surface area contributed by atoms with Crippen LogP contribution in [0.1, 0.15) is 46.5 Å². The molecule has 0 atom stereocenters. The number of likely N-dealkylation sites (N-methyl/N-ethyl adjacent to an activating group) is 1. The van der Waals surface area contributed by atoms with Gasteiger partial charge in [-0.3, -0.25) is 9.59 Å². The van der Waals surface area contributed by atoms with E-state index in [-0.39, 0.29) is 18.9 Å². The molecule has 5 rings (SSSR count). The summed E-state index contributed by atoms with van der Waals surface area (Å²) in [5.41, 5.74) is 2.09. The molecule has 0 bridgehead atoms. The van der Waals surface area contributed by atoms with E-state index in [1.165, 1.54) is 37.4 Å². The largest absolute Gasteiger partial charge is 0.496 e. The number of carbonyl (C=O) groups is 2. The minimum absolute atomic E-state index is 0.0276. The van der Waals surface area contributed by atoms with E-state index in [9.17, 15) is 27.2 Å². The summed E-state index contributed by atoms with van der Waals surface area (Å²) in [7, 11) is 3.13. The van der Waals surface area contributed by atoms with Gasteiger partial charge >= 0.3 is 6.18 Å². The third-order valence-electron chi connectivity index (χ3n) is 7.88. The average molecular weight is 621 g/mol. The lowest BCUT2D eigenvalue weighted by Crippen LogP contribution is -2.52. The summed E-state index contributed by atoms with van der Waals surface area (Å²) in [6.07, 6.45) is -4.94. The predicted octanol–water partition coefficient (Wildman–Crippen LogP) is 8.00. The number of alkyl halides is 3. The van der Waals surface area contributed by atoms with Crippen LogP contribution in [0.25, 0.3) is 11.1 Å². The van der Waals surface area contributed by atoms with E-state index in [1.807, 2.05) is 12.1 Å². The normalized spacial score (nSPS) is 14.1. The van der Waals surface area contributed by atoms with E-state index in [0.717, 1.165) is 11.6 Å². The maximum atomic E-state index is 14.1. The maximum absolute atomic E-state index is 14.1. The Morgan fingerprint density at radius 3 is 2.38 bits per heavy atom. The van der Waals surface area contributed by atoms with Crippen LogP contribution in [0.3, 0.4) is 0 Å². The Morgan fingerprint density at radius 1 is 0.956 bits per heavy atom. The van der Waals surface area contributed by atoms with Crippen LogP contribution < -0.4 is 19.7 Å². The first-order valence-electron chi connectivity index (χ1n) is 14.2. The number of benzene rings is 4. The summed E-state index contributed by atoms with van der Waals surface area (Å²) in [5, 5.41) is 3.29. The summed E-state index contributed by atoms with van der Waals surface area (Å²) in [5.74, 6) is -0.594. The van der Waals surface area contributed by atoms with Gasteiger partial charge in [0.25, 0.3) is 5.91 Å². The molecule has 1 heterocycles. The SMILES string of the molecule is COc1cc(CC(=O)c2ccccc2C(F)(F)F)ccc1-c1ccc2c(c1COc1cc(F)ccc1C)N(C)C(=O)C(C)(C)N2. The van der Waals surface area contributed by atoms with Crippen molar-refractivity contribution in [3.63, 3.8) is 0 Å². The van der Waals surface area contributed by atoms with Crippen LogP contribution in [0.4, 0.5) is 28.9 Å². The number of amides is 1. The number of aryl methyl sites for hydroxylation is 1. The van der Waals surface area contributed by atoms with Gasteiger partial charge in [0.15, 0.2) is 5.78 Å². The first kappa shape index (κ1) is 31.6. The fraction of sp³-hybridized carbons (Fsp3) is 0.257. The number of ether oxygens (including phenoxy) is 2. The Labute approximate surface area is 258 Å². The number of rotatable bonds is 8. The van der Waals surface area contributed by atoms with Gasteiger partial charge in [-0.2, -0.15) is 13.2 Å². The lowest BCUT2D eigenvalue weighted by Gasteiger charge is -2.39. The third kappa shape index (κ3) is 6.22. The van der Waals surface area contributed by atoms with Gasteiger partial charge < -0.3 is 19.7 Å². The van der Waals surface area contributed by atoms with Gasteiger partial charge in [-0.25, -0.2) is 4.39 Å². The molecule has 45 heavy (non-hydrogen) atoms. The minimum Gasteiger partial charge on any atom is -0.496 e. The van der Waals surface area contributed by atoms with Gasteiger partial charge in [0.2, 0.25) is 0 Å². The molecule has 0 unspecified atom stereocenters. The number of Topliss-reactive ketones (excluding diaryl/α,β-unsaturated/α-hetero) is 1. The van der Waals surface area contributed by atoms with Gasteiger partial charge in [0, 0.05) is 36.2 Å². The third-order valence-corrected chi connectivity index (χ3v) is 7.88. The summed E-state index contributed by atoms with van der Waals surface area (Å²) in [4.78, 5) is 27.9. The van der Waals surface area contributed by atoms with E-state index in [4.69, 9.17) is 9.47 Å². The van der Waals surface area contributed by atoms with Gasteiger partial charge in [0.05, 0.1) is 24.0 Å². The second-order valence-electron chi connectivity index (χ2n) is 11.5. The summed E-state index contributed by atoms with van der Waals surface area (Å²) in [6, 6.07) is 17.6. The number of hydrogen-bond donors (Lipinski definition) is 1. The number of hydrogen-bond acceptors (Lipinski definition) is 5. The van der Waals surface area contributed by atoms with Crippen molar-refractivity contribution in [2.45, 2.75) is 45.5 Å². The van der Waals surface area contributed by atoms with Crippen LogP contribution in [-0.4, -0.2) is 31.4 Å². The highest BCUT2D eigenvalue weighted by molar-refractivity contribution is 6.09. The molecule has 0 radical (unpaired) electrons. The predicted molar refractivity (Wildman–Crippen MR) is 164 cm³/mol. The Kier molecular flexibility index (Phi) is 8.35. The minimum atomic E-state index is -4.67. The van der Waals surface area contributed by atoms with E-state index < -0.39 is 34.4 Å². The van der Waals surface area contributed by atoms with Crippen molar-refractivity contribution in [3.05, 3.63) is 106 Å². The number of ketones is 1. The van der Waals surface area contributed by atoms with Crippen molar-refractivity contribution in [2.75, 3.05) is 24.4 Å². The molecule has 0 aromatic heterocycles. The Balaban J connectivity index is 1.57. The molecule has 4 aromatic rings. The molecule has 0 saturated heterocycles. The highest BCUT2D eigenvalue weighted by atomic mass is 19.4. The Bertz CT molecular complexity index is 1800. The summed E-state index contributed by atoms with van der Waals surface area (Å²) >= 11 is 0. The summed E-state index contributed by atoms with van der Waals surface area (Å²) < 4.78 is 66.5. The summed E-state index contributed by atoms with van der Waals surface area (Å²) in [6.45, 7) is 5.34. The molecule has 1 aliphatic heterocycles. The lowest BCUT2D eigenvalue weighted by molar-refractivity contribution is -0.137. The number of nitrogens with one attached hydrogen (secondary N) is 1. The van der Waals surface area contributed by atoms with Crippen LogP contribution in [0, 0.1) is 12.7 Å². The molecule has 234 valence electrons. The van der Waals surface area contributed by atoms with Crippen molar-refractivity contribution >= 4 is 23.1 Å². The second kappa shape index (κ2) is 11.9. The number of carbonyl (C=O) groups excluding carboxylic acids is 2. The zero-order valence-electron chi connectivity index (χ0n) is 25.4. The lowest BCUT2D eigenvalue weighted by atomic mass is 9.91. The molecule has 0 aliphatic carbocycles. The molecule has 1 N–H and O–H groups in total. The molecule has 10 heteroatoms. The molecule has 0 saturated carbocycles. The van der Waals surface area contributed by atoms with Gasteiger partial charge in [0.1, 0.15) is 29.5 Å². The van der Waals surface area contributed by atoms with Crippen molar-refractivity contribution in [1.82, 2.24) is 0 Å². The van der Waals surface area contributed by atoms with Crippen molar-refractivity contribution in [2.24, 2.45) is 0 Å². The molecular formula is C35H32F4N2O4. The van der Waals surface area contributed by atoms with Crippen LogP contribution in [-0.2, 0) is 24.0 Å². The highest BCUT2D eigenvalue weighted by Crippen LogP contribution is 2.45. The topological polar surface area (TPSA) is 67.9 Å². The standard InChI is InChI=1S/C35H32F4N2O4/c1-20-10-12-22(36)18-30(20)45-19-26-23(14-15-28-32(26)41(4)33(43)34(2,3)40-28)24-13-11-21(17-31(24)44-5)16-29(42)25-8-6-7-9-27(25)35(37,38)39/h6-15,17-18,40H,16,19H2,1-5H3. The Hall–Kier alpha value is -4.86. The van der Waals surface area contributed by atoms with Crippen molar-refractivity contribution in [1.29, 1.82) is 0 Å². The molecule has 1 amide bonds. The molecular weight excluding hydrogens is 588 g/mol. The first-order valence-corrected chi connectivity index (χ1v) is 14.2. The highest BCUT2D eigenvalue weighted by Gasteiger charge is 2.39. The molecule has 0 fully saturated rings. The molecule has 1 aliphatic rings. The van der Waals surface area contributed by atoms with Gasteiger partial charge in [-0.1, -0.05) is 42.5 Å².